The van der Waals surface area contributed by atoms with Crippen molar-refractivity contribution in [1.82, 2.24) is 10.6 Å². The maximum Gasteiger partial charge on any atom is 0.449 e. The second-order valence-corrected chi connectivity index (χ2v) is 9.50. The van der Waals surface area contributed by atoms with Crippen LogP contribution in [0.15, 0.2) is 34.7 Å². The first-order valence-corrected chi connectivity index (χ1v) is 11.2. The molecule has 1 aromatic carbocycles. The molecule has 3 N–H and O–H groups in total. The summed E-state index contributed by atoms with van der Waals surface area (Å²) in [7, 11) is 0. The second-order valence-electron chi connectivity index (χ2n) is 8.68. The number of hydrogen-bond acceptors (Lipinski definition) is 5. The Hall–Kier alpha value is -2.43. The summed E-state index contributed by atoms with van der Waals surface area (Å²) in [6.45, 7) is -0.297. The number of hydrogen-bond donors (Lipinski definition) is 3. The number of carbonyl (C=O) groups excluding carboxylic acids is 2. The molecule has 2 amide bonds. The molecule has 1 heterocycles. The summed E-state index contributed by atoms with van der Waals surface area (Å²) >= 11 is 11.8. The summed E-state index contributed by atoms with van der Waals surface area (Å²) in [5.74, 6) is -2.56. The van der Waals surface area contributed by atoms with E-state index >= 15 is 0 Å². The van der Waals surface area contributed by atoms with E-state index in [1.165, 1.54) is 6.07 Å². The van der Waals surface area contributed by atoms with Crippen LogP contribution in [0.4, 0.5) is 13.2 Å². The third-order valence-corrected chi connectivity index (χ3v) is 7.20. The fraction of sp³-hybridized carbons (Fsp3) is 0.455. The SMILES string of the molecule is O=C(COc1ccc(Cl)c(Cl)c1)NC12CCC(NC(=O)c3ccc(C(F)(F)F)o3)(CC1)C[C@@H]2O. The molecule has 2 bridgehead atoms. The van der Waals surface area contributed by atoms with Crippen LogP contribution in [0.25, 0.3) is 0 Å². The summed E-state index contributed by atoms with van der Waals surface area (Å²) < 4.78 is 48.3. The van der Waals surface area contributed by atoms with Gasteiger partial charge in [0.05, 0.1) is 21.7 Å². The van der Waals surface area contributed by atoms with Gasteiger partial charge in [-0.1, -0.05) is 23.2 Å². The van der Waals surface area contributed by atoms with Gasteiger partial charge in [0.15, 0.2) is 12.4 Å². The lowest BCUT2D eigenvalue weighted by molar-refractivity contribution is -0.153. The molecule has 5 rings (SSSR count). The zero-order chi connectivity index (χ0) is 24.7. The molecule has 1 atom stereocenters. The molecule has 1 aromatic heterocycles. The number of furan rings is 1. The topological polar surface area (TPSA) is 101 Å². The number of benzene rings is 1. The lowest BCUT2D eigenvalue weighted by Gasteiger charge is -2.56. The molecule has 0 spiro atoms. The van der Waals surface area contributed by atoms with E-state index < -0.39 is 46.7 Å². The van der Waals surface area contributed by atoms with E-state index in [0.717, 1.165) is 6.07 Å². The third-order valence-electron chi connectivity index (χ3n) is 6.46. The molecular formula is C22H21Cl2F3N2O5. The number of halogens is 5. The Morgan fingerprint density at radius 3 is 2.38 bits per heavy atom. The zero-order valence-corrected chi connectivity index (χ0v) is 19.2. The molecule has 0 aliphatic heterocycles. The Kier molecular flexibility index (Phi) is 6.52. The van der Waals surface area contributed by atoms with Gasteiger partial charge in [-0.3, -0.25) is 9.59 Å². The molecule has 0 saturated heterocycles. The van der Waals surface area contributed by atoms with Crippen molar-refractivity contribution in [1.29, 1.82) is 0 Å². The Morgan fingerprint density at radius 2 is 1.79 bits per heavy atom. The van der Waals surface area contributed by atoms with Gasteiger partial charge in [-0.05, 0) is 56.4 Å². The molecule has 7 nitrogen and oxygen atoms in total. The van der Waals surface area contributed by atoms with Gasteiger partial charge in [-0.15, -0.1) is 0 Å². The van der Waals surface area contributed by atoms with Gasteiger partial charge in [0, 0.05) is 11.6 Å². The van der Waals surface area contributed by atoms with E-state index in [9.17, 15) is 27.9 Å². The summed E-state index contributed by atoms with van der Waals surface area (Å²) in [6, 6.07) is 6.27. The summed E-state index contributed by atoms with van der Waals surface area (Å²) in [5.41, 5.74) is -1.68. The highest BCUT2D eigenvalue weighted by Gasteiger charge is 2.55. The van der Waals surface area contributed by atoms with E-state index in [2.05, 4.69) is 15.1 Å². The molecule has 3 aliphatic rings. The Balaban J connectivity index is 1.34. The average molecular weight is 521 g/mol. The van der Waals surface area contributed by atoms with Gasteiger partial charge in [0.1, 0.15) is 5.75 Å². The van der Waals surface area contributed by atoms with Crippen molar-refractivity contribution in [3.8, 4) is 5.75 Å². The number of ether oxygens (including phenoxy) is 1. The first-order valence-electron chi connectivity index (χ1n) is 10.5. The molecule has 3 saturated carbocycles. The monoisotopic (exact) mass is 520 g/mol. The van der Waals surface area contributed by atoms with Crippen LogP contribution in [0.2, 0.25) is 10.0 Å². The molecule has 34 heavy (non-hydrogen) atoms. The summed E-state index contributed by atoms with van der Waals surface area (Å²) in [5, 5.41) is 17.0. The number of aliphatic hydroxyl groups is 1. The van der Waals surface area contributed by atoms with Crippen molar-refractivity contribution in [2.45, 2.75) is 55.5 Å². The van der Waals surface area contributed by atoms with Crippen LogP contribution >= 0.6 is 23.2 Å². The largest absolute Gasteiger partial charge is 0.484 e. The number of alkyl halides is 3. The fourth-order valence-electron chi connectivity index (χ4n) is 4.61. The summed E-state index contributed by atoms with van der Waals surface area (Å²) in [4.78, 5) is 25.0. The Labute approximate surface area is 202 Å². The third kappa shape index (κ3) is 4.99. The smallest absolute Gasteiger partial charge is 0.449 e. The molecule has 12 heteroatoms. The standard InChI is InChI=1S/C22H21Cl2F3N2O5/c23-13-2-1-12(9-14(13)24)33-11-18(31)28-21-7-5-20(6-8-21,10-16(21)30)29-19(32)15-3-4-17(34-15)22(25,26)27/h1-4,9,16,30H,5-8,10-11H2,(H,28,31)(H,29,32)/t16-,20?,21?/m0/s1. The van der Waals surface area contributed by atoms with Crippen LogP contribution in [0, 0.1) is 0 Å². The quantitative estimate of drug-likeness (QED) is 0.525. The van der Waals surface area contributed by atoms with E-state index in [1.54, 1.807) is 12.1 Å². The van der Waals surface area contributed by atoms with Gasteiger partial charge in [0.25, 0.3) is 11.8 Å². The minimum absolute atomic E-state index is 0.138. The van der Waals surface area contributed by atoms with E-state index in [0.29, 0.717) is 42.5 Å². The highest BCUT2D eigenvalue weighted by Crippen LogP contribution is 2.47. The van der Waals surface area contributed by atoms with Crippen LogP contribution in [0.1, 0.15) is 48.4 Å². The molecule has 0 radical (unpaired) electrons. The van der Waals surface area contributed by atoms with Gasteiger partial charge in [0.2, 0.25) is 5.76 Å². The van der Waals surface area contributed by atoms with Crippen molar-refractivity contribution in [2.24, 2.45) is 0 Å². The molecule has 2 aromatic rings. The number of fused-ring (bicyclic) bond motifs is 3. The highest BCUT2D eigenvalue weighted by atomic mass is 35.5. The number of rotatable bonds is 6. The second kappa shape index (κ2) is 8.98. The lowest BCUT2D eigenvalue weighted by Crippen LogP contribution is -2.70. The van der Waals surface area contributed by atoms with Crippen LogP contribution < -0.4 is 15.4 Å². The van der Waals surface area contributed by atoms with Gasteiger partial charge >= 0.3 is 6.18 Å². The van der Waals surface area contributed by atoms with Crippen molar-refractivity contribution in [3.63, 3.8) is 0 Å². The zero-order valence-electron chi connectivity index (χ0n) is 17.7. The van der Waals surface area contributed by atoms with Crippen molar-refractivity contribution >= 4 is 35.0 Å². The minimum Gasteiger partial charge on any atom is -0.484 e. The number of carbonyl (C=O) groups is 2. The van der Waals surface area contributed by atoms with E-state index in [-0.39, 0.29) is 18.1 Å². The molecule has 3 aliphatic carbocycles. The van der Waals surface area contributed by atoms with Gasteiger partial charge in [-0.2, -0.15) is 13.2 Å². The van der Waals surface area contributed by atoms with Crippen molar-refractivity contribution < 1.29 is 37.0 Å². The maximum absolute atomic E-state index is 12.7. The first kappa shape index (κ1) is 24.7. The van der Waals surface area contributed by atoms with Crippen molar-refractivity contribution in [3.05, 3.63) is 51.9 Å². The number of amides is 2. The van der Waals surface area contributed by atoms with Crippen molar-refractivity contribution in [2.75, 3.05) is 6.61 Å². The van der Waals surface area contributed by atoms with E-state index in [4.69, 9.17) is 27.9 Å². The van der Waals surface area contributed by atoms with Gasteiger partial charge < -0.3 is 24.9 Å². The van der Waals surface area contributed by atoms with Crippen LogP contribution in [-0.4, -0.2) is 40.7 Å². The number of aliphatic hydroxyl groups excluding tert-OH is 1. The molecule has 3 fully saturated rings. The van der Waals surface area contributed by atoms with Crippen LogP contribution in [0.5, 0.6) is 5.75 Å². The fourth-order valence-corrected chi connectivity index (χ4v) is 4.89. The Bertz CT molecular complexity index is 1100. The lowest BCUT2D eigenvalue weighted by atomic mass is 9.60. The van der Waals surface area contributed by atoms with Crippen LogP contribution in [0.3, 0.4) is 0 Å². The summed E-state index contributed by atoms with van der Waals surface area (Å²) in [6.07, 6.45) is -3.92. The molecular weight excluding hydrogens is 500 g/mol. The van der Waals surface area contributed by atoms with Gasteiger partial charge in [-0.25, -0.2) is 0 Å². The highest BCUT2D eigenvalue weighted by molar-refractivity contribution is 6.42. The Morgan fingerprint density at radius 1 is 1.09 bits per heavy atom. The minimum atomic E-state index is -4.69. The predicted molar refractivity (Wildman–Crippen MR) is 116 cm³/mol. The maximum atomic E-state index is 12.7. The van der Waals surface area contributed by atoms with E-state index in [1.807, 2.05) is 0 Å². The van der Waals surface area contributed by atoms with Crippen LogP contribution in [-0.2, 0) is 11.0 Å². The molecule has 184 valence electrons. The first-order chi connectivity index (χ1) is 15.9. The molecule has 0 unspecified atom stereocenters. The normalized spacial score (nSPS) is 26.2. The predicted octanol–water partition coefficient (Wildman–Crippen LogP) is 4.35. The average Bonchev–Trinajstić information content (AvgIpc) is 3.27. The number of nitrogens with one attached hydrogen (secondary N) is 2.